The first-order chi connectivity index (χ1) is 7.04. The molecule has 0 aliphatic carbocycles. The predicted molar refractivity (Wildman–Crippen MR) is 61.3 cm³/mol. The second kappa shape index (κ2) is 5.03. The lowest BCUT2D eigenvalue weighted by Crippen LogP contribution is -2.25. The van der Waals surface area contributed by atoms with E-state index in [0.717, 1.165) is 12.1 Å². The van der Waals surface area contributed by atoms with Gasteiger partial charge in [-0.15, -0.1) is 0 Å². The molecule has 1 N–H and O–H groups in total. The van der Waals surface area contributed by atoms with E-state index in [1.54, 1.807) is 19.2 Å². The lowest BCUT2D eigenvalue weighted by Gasteiger charge is -2.21. The number of phenolic OH excluding ortho intramolecular Hbond substituents is 1. The van der Waals surface area contributed by atoms with Crippen LogP contribution in [0.25, 0.3) is 0 Å². The van der Waals surface area contributed by atoms with E-state index in [9.17, 15) is 5.11 Å². The van der Waals surface area contributed by atoms with E-state index in [1.807, 2.05) is 6.07 Å². The van der Waals surface area contributed by atoms with Crippen molar-refractivity contribution >= 4 is 0 Å². The maximum atomic E-state index is 9.60. The molecular weight excluding hydrogens is 190 g/mol. The Kier molecular flexibility index (Phi) is 3.97. The minimum absolute atomic E-state index is 0.201. The quantitative estimate of drug-likeness (QED) is 0.825. The van der Waals surface area contributed by atoms with Crippen molar-refractivity contribution in [3.63, 3.8) is 0 Å². The van der Waals surface area contributed by atoms with Crippen molar-refractivity contribution in [1.29, 1.82) is 0 Å². The molecule has 0 unspecified atom stereocenters. The first-order valence-electron chi connectivity index (χ1n) is 5.10. The fourth-order valence-electron chi connectivity index (χ4n) is 1.30. The molecule has 0 fully saturated rings. The van der Waals surface area contributed by atoms with Crippen LogP contribution < -0.4 is 4.74 Å². The maximum Gasteiger partial charge on any atom is 0.160 e. The summed E-state index contributed by atoms with van der Waals surface area (Å²) in [5.74, 6) is 0.720. The monoisotopic (exact) mass is 209 g/mol. The summed E-state index contributed by atoms with van der Waals surface area (Å²) < 4.78 is 4.99. The summed E-state index contributed by atoms with van der Waals surface area (Å²) in [6.07, 6.45) is 0. The number of hydrogen-bond acceptors (Lipinski definition) is 3. The molecule has 3 nitrogen and oxygen atoms in total. The van der Waals surface area contributed by atoms with Gasteiger partial charge in [0, 0.05) is 12.6 Å². The van der Waals surface area contributed by atoms with Crippen LogP contribution in [0, 0.1) is 0 Å². The first kappa shape index (κ1) is 11.9. The Morgan fingerprint density at radius 2 is 2.07 bits per heavy atom. The van der Waals surface area contributed by atoms with Crippen LogP contribution in [0.3, 0.4) is 0 Å². The third-order valence-corrected chi connectivity index (χ3v) is 2.56. The van der Waals surface area contributed by atoms with Crippen LogP contribution in [0.2, 0.25) is 0 Å². The van der Waals surface area contributed by atoms with Gasteiger partial charge in [0.25, 0.3) is 0 Å². The van der Waals surface area contributed by atoms with E-state index < -0.39 is 0 Å². The van der Waals surface area contributed by atoms with Gasteiger partial charge in [-0.25, -0.2) is 0 Å². The van der Waals surface area contributed by atoms with Gasteiger partial charge < -0.3 is 9.84 Å². The predicted octanol–water partition coefficient (Wildman–Crippen LogP) is 2.24. The fraction of sp³-hybridized carbons (Fsp3) is 0.500. The molecule has 0 heterocycles. The summed E-state index contributed by atoms with van der Waals surface area (Å²) in [5.41, 5.74) is 1.09. The van der Waals surface area contributed by atoms with E-state index in [4.69, 9.17) is 4.74 Å². The lowest BCUT2D eigenvalue weighted by atomic mass is 10.2. The van der Waals surface area contributed by atoms with Crippen molar-refractivity contribution in [1.82, 2.24) is 4.90 Å². The van der Waals surface area contributed by atoms with E-state index in [-0.39, 0.29) is 5.75 Å². The second-order valence-corrected chi connectivity index (χ2v) is 4.02. The van der Waals surface area contributed by atoms with Gasteiger partial charge >= 0.3 is 0 Å². The van der Waals surface area contributed by atoms with Crippen molar-refractivity contribution < 1.29 is 9.84 Å². The van der Waals surface area contributed by atoms with Crippen molar-refractivity contribution in [3.05, 3.63) is 23.8 Å². The average Bonchev–Trinajstić information content (AvgIpc) is 2.18. The van der Waals surface area contributed by atoms with Gasteiger partial charge in [0.1, 0.15) is 0 Å². The topological polar surface area (TPSA) is 32.7 Å². The van der Waals surface area contributed by atoms with Gasteiger partial charge in [-0.2, -0.15) is 0 Å². The van der Waals surface area contributed by atoms with Gasteiger partial charge in [0.05, 0.1) is 7.11 Å². The highest BCUT2D eigenvalue weighted by Gasteiger charge is 2.06. The number of nitrogens with zero attached hydrogens (tertiary/aromatic N) is 1. The smallest absolute Gasteiger partial charge is 0.160 e. The molecule has 0 saturated heterocycles. The SMILES string of the molecule is COc1ccc(CN(C)C(C)C)cc1O. The zero-order chi connectivity index (χ0) is 11.4. The van der Waals surface area contributed by atoms with Crippen LogP contribution in [0.1, 0.15) is 19.4 Å². The number of rotatable bonds is 4. The van der Waals surface area contributed by atoms with Gasteiger partial charge in [-0.1, -0.05) is 6.07 Å². The molecule has 1 aromatic rings. The fourth-order valence-corrected chi connectivity index (χ4v) is 1.30. The highest BCUT2D eigenvalue weighted by atomic mass is 16.5. The minimum atomic E-state index is 0.201. The van der Waals surface area contributed by atoms with Gasteiger partial charge in [-0.3, -0.25) is 4.90 Å². The van der Waals surface area contributed by atoms with Crippen molar-refractivity contribution in [3.8, 4) is 11.5 Å². The van der Waals surface area contributed by atoms with Crippen LogP contribution >= 0.6 is 0 Å². The summed E-state index contributed by atoms with van der Waals surface area (Å²) in [6, 6.07) is 6.00. The number of ether oxygens (including phenoxy) is 1. The van der Waals surface area contributed by atoms with Crippen LogP contribution in [0.15, 0.2) is 18.2 Å². The molecule has 0 aromatic heterocycles. The first-order valence-corrected chi connectivity index (χ1v) is 5.10. The Morgan fingerprint density at radius 3 is 2.53 bits per heavy atom. The lowest BCUT2D eigenvalue weighted by molar-refractivity contribution is 0.265. The van der Waals surface area contributed by atoms with Crippen molar-refractivity contribution in [2.45, 2.75) is 26.4 Å². The Labute approximate surface area is 91.3 Å². The van der Waals surface area contributed by atoms with E-state index >= 15 is 0 Å². The third-order valence-electron chi connectivity index (χ3n) is 2.56. The number of benzene rings is 1. The summed E-state index contributed by atoms with van der Waals surface area (Å²) in [4.78, 5) is 2.21. The molecule has 0 amide bonds. The number of methoxy groups -OCH3 is 1. The minimum Gasteiger partial charge on any atom is -0.504 e. The molecule has 0 bridgehead atoms. The Bertz CT molecular complexity index is 323. The molecule has 84 valence electrons. The zero-order valence-electron chi connectivity index (χ0n) is 9.82. The van der Waals surface area contributed by atoms with Crippen molar-refractivity contribution in [2.75, 3.05) is 14.2 Å². The highest BCUT2D eigenvalue weighted by molar-refractivity contribution is 5.41. The highest BCUT2D eigenvalue weighted by Crippen LogP contribution is 2.26. The summed E-state index contributed by atoms with van der Waals surface area (Å²) in [7, 11) is 3.61. The maximum absolute atomic E-state index is 9.60. The number of aromatic hydroxyl groups is 1. The van der Waals surface area contributed by atoms with Gasteiger partial charge in [0.2, 0.25) is 0 Å². The molecule has 0 aliphatic heterocycles. The van der Waals surface area contributed by atoms with Crippen LogP contribution in [-0.4, -0.2) is 30.2 Å². The van der Waals surface area contributed by atoms with Crippen molar-refractivity contribution in [2.24, 2.45) is 0 Å². The van der Waals surface area contributed by atoms with Crippen LogP contribution in [0.4, 0.5) is 0 Å². The molecule has 0 spiro atoms. The van der Waals surface area contributed by atoms with E-state index in [2.05, 4.69) is 25.8 Å². The molecule has 3 heteroatoms. The standard InChI is InChI=1S/C12H19NO2/c1-9(2)13(3)8-10-5-6-12(15-4)11(14)7-10/h5-7,9,14H,8H2,1-4H3. The molecule has 0 atom stereocenters. The van der Waals surface area contributed by atoms with E-state index in [0.29, 0.717) is 11.8 Å². The Hall–Kier alpha value is -1.22. The number of phenols is 1. The molecule has 0 aliphatic rings. The molecular formula is C12H19NO2. The summed E-state index contributed by atoms with van der Waals surface area (Å²) in [6.45, 7) is 5.11. The molecule has 1 rings (SSSR count). The molecule has 0 saturated carbocycles. The Morgan fingerprint density at radius 1 is 1.40 bits per heavy atom. The molecule has 1 aromatic carbocycles. The number of hydrogen-bond donors (Lipinski definition) is 1. The van der Waals surface area contributed by atoms with Crippen LogP contribution in [0.5, 0.6) is 11.5 Å². The van der Waals surface area contributed by atoms with E-state index in [1.165, 1.54) is 0 Å². The zero-order valence-corrected chi connectivity index (χ0v) is 9.82. The van der Waals surface area contributed by atoms with Crippen LogP contribution in [-0.2, 0) is 6.54 Å². The summed E-state index contributed by atoms with van der Waals surface area (Å²) in [5, 5.41) is 9.60. The molecule has 15 heavy (non-hydrogen) atoms. The largest absolute Gasteiger partial charge is 0.504 e. The van der Waals surface area contributed by atoms with Gasteiger partial charge in [-0.05, 0) is 38.6 Å². The second-order valence-electron chi connectivity index (χ2n) is 4.02. The Balaban J connectivity index is 2.75. The average molecular weight is 209 g/mol. The third kappa shape index (κ3) is 3.13. The summed E-state index contributed by atoms with van der Waals surface area (Å²) >= 11 is 0. The normalized spacial score (nSPS) is 11.1. The van der Waals surface area contributed by atoms with Gasteiger partial charge in [0.15, 0.2) is 11.5 Å². The molecule has 0 radical (unpaired) electrons.